The molecule has 2 aromatic carbocycles. The Hall–Kier alpha value is -3.33. The number of nitrogens with two attached hydrogens (primary N) is 1. The third-order valence-electron chi connectivity index (χ3n) is 5.73. The summed E-state index contributed by atoms with van der Waals surface area (Å²) < 4.78 is 6.10. The number of pyridine rings is 1. The monoisotopic (exact) mass is 501 g/mol. The highest BCUT2D eigenvalue weighted by Crippen LogP contribution is 2.44. The average Bonchev–Trinajstić information content (AvgIpc) is 2.92. The van der Waals surface area contributed by atoms with E-state index in [0.29, 0.717) is 5.75 Å². The number of carbonyl (C=O) groups excluding carboxylic acids is 2. The van der Waals surface area contributed by atoms with E-state index in [9.17, 15) is 9.59 Å². The molecule has 0 saturated carbocycles. The normalized spacial score (nSPS) is 19.6. The van der Waals surface area contributed by atoms with E-state index in [4.69, 9.17) is 10.5 Å². The van der Waals surface area contributed by atoms with Gasteiger partial charge in [-0.15, -0.1) is 11.8 Å². The Morgan fingerprint density at radius 2 is 1.71 bits per heavy atom. The molecule has 3 heterocycles. The number of esters is 1. The largest absolute Gasteiger partial charge is 0.448 e. The molecular weight excluding hydrogens is 478 g/mol. The summed E-state index contributed by atoms with van der Waals surface area (Å²) >= 11 is 2.95. The van der Waals surface area contributed by atoms with Gasteiger partial charge in [-0.25, -0.2) is 4.79 Å². The molecule has 1 aromatic heterocycles. The Labute approximate surface area is 212 Å². The molecule has 2 N–H and O–H groups in total. The highest BCUT2D eigenvalue weighted by molar-refractivity contribution is 8.08. The zero-order chi connectivity index (χ0) is 24.2. The molecule has 5 rings (SSSR count). The Morgan fingerprint density at radius 1 is 1.06 bits per heavy atom. The number of hydrogen-bond donors (Lipinski definition) is 1. The molecule has 2 aliphatic rings. The number of amides is 1. The smallest absolute Gasteiger partial charge is 0.356 e. The molecule has 8 heteroatoms. The van der Waals surface area contributed by atoms with Gasteiger partial charge in [0.25, 0.3) is 0 Å². The van der Waals surface area contributed by atoms with Gasteiger partial charge in [-0.2, -0.15) is 0 Å². The van der Waals surface area contributed by atoms with Gasteiger partial charge in [0.15, 0.2) is 6.10 Å². The van der Waals surface area contributed by atoms with Crippen LogP contribution in [0.4, 0.5) is 0 Å². The first kappa shape index (κ1) is 23.4. The molecule has 0 aliphatic carbocycles. The number of carbonyl (C=O) groups is 2. The zero-order valence-corrected chi connectivity index (χ0v) is 20.3. The van der Waals surface area contributed by atoms with E-state index in [2.05, 4.69) is 4.98 Å². The molecule has 6 nitrogen and oxygen atoms in total. The first-order chi connectivity index (χ1) is 17.1. The van der Waals surface area contributed by atoms with Crippen LogP contribution in [0.1, 0.15) is 22.9 Å². The summed E-state index contributed by atoms with van der Waals surface area (Å²) in [5.74, 6) is -0.246. The first-order valence-electron chi connectivity index (χ1n) is 11.1. The number of ether oxygens (including phenoxy) is 1. The second kappa shape index (κ2) is 10.5. The van der Waals surface area contributed by atoms with Crippen molar-refractivity contribution in [1.82, 2.24) is 9.88 Å². The predicted octanol–water partition coefficient (Wildman–Crippen LogP) is 4.57. The molecular formula is C27H23N3O3S2. The van der Waals surface area contributed by atoms with Gasteiger partial charge in [-0.3, -0.25) is 14.7 Å². The predicted molar refractivity (Wildman–Crippen MR) is 140 cm³/mol. The minimum absolute atomic E-state index is 0.263. The molecule has 1 saturated heterocycles. The lowest BCUT2D eigenvalue weighted by Crippen LogP contribution is -2.68. The first-order valence-corrected chi connectivity index (χ1v) is 13.0. The van der Waals surface area contributed by atoms with Gasteiger partial charge in [0.2, 0.25) is 5.91 Å². The summed E-state index contributed by atoms with van der Waals surface area (Å²) in [5, 5.41) is 1.61. The number of rotatable bonds is 7. The summed E-state index contributed by atoms with van der Waals surface area (Å²) in [6.07, 6.45) is 2.99. The van der Waals surface area contributed by atoms with Crippen molar-refractivity contribution in [3.05, 3.63) is 118 Å². The number of aromatic nitrogens is 1. The maximum absolute atomic E-state index is 13.7. The minimum Gasteiger partial charge on any atom is -0.448 e. The number of nitrogens with zero attached hydrogens (tertiary/aromatic N) is 2. The molecule has 0 radical (unpaired) electrons. The third-order valence-corrected chi connectivity index (χ3v) is 8.11. The minimum atomic E-state index is -0.613. The van der Waals surface area contributed by atoms with Crippen LogP contribution in [0.3, 0.4) is 0 Å². The highest BCUT2D eigenvalue weighted by atomic mass is 32.2. The molecule has 176 valence electrons. The second-order valence-electron chi connectivity index (χ2n) is 7.99. The summed E-state index contributed by atoms with van der Waals surface area (Å²) in [6.45, 7) is 0. The second-order valence-corrected chi connectivity index (χ2v) is 10.1. The van der Waals surface area contributed by atoms with Crippen LogP contribution < -0.4 is 5.73 Å². The number of thioether (sulfide) groups is 2. The molecule has 35 heavy (non-hydrogen) atoms. The number of benzene rings is 2. The number of hydrogen-bond acceptors (Lipinski definition) is 7. The zero-order valence-electron chi connectivity index (χ0n) is 18.7. The topological polar surface area (TPSA) is 85.5 Å². The number of fused-ring (bicyclic) bond motifs is 1. The van der Waals surface area contributed by atoms with Crippen molar-refractivity contribution in [2.24, 2.45) is 5.73 Å². The number of β-lactam (4-membered cyclic amide) rings is 1. The molecule has 2 unspecified atom stereocenters. The maximum atomic E-state index is 13.7. The van der Waals surface area contributed by atoms with Crippen molar-refractivity contribution in [2.45, 2.75) is 17.5 Å². The van der Waals surface area contributed by atoms with Crippen LogP contribution in [0.15, 0.2) is 101 Å². The Morgan fingerprint density at radius 3 is 2.34 bits per heavy atom. The van der Waals surface area contributed by atoms with E-state index in [1.165, 1.54) is 16.7 Å². The fourth-order valence-electron chi connectivity index (χ4n) is 3.98. The van der Waals surface area contributed by atoms with Gasteiger partial charge >= 0.3 is 5.97 Å². The fourth-order valence-corrected chi connectivity index (χ4v) is 6.26. The van der Waals surface area contributed by atoms with E-state index >= 15 is 0 Å². The summed E-state index contributed by atoms with van der Waals surface area (Å²) in [4.78, 5) is 32.9. The van der Waals surface area contributed by atoms with Crippen LogP contribution >= 0.6 is 23.5 Å². The van der Waals surface area contributed by atoms with E-state index in [-0.39, 0.29) is 17.0 Å². The molecule has 2 atom stereocenters. The van der Waals surface area contributed by atoms with Crippen molar-refractivity contribution in [3.63, 3.8) is 0 Å². The summed E-state index contributed by atoms with van der Waals surface area (Å²) in [7, 11) is 0. The van der Waals surface area contributed by atoms with E-state index < -0.39 is 18.1 Å². The Bertz CT molecular complexity index is 1230. The molecule has 2 aliphatic heterocycles. The van der Waals surface area contributed by atoms with Crippen molar-refractivity contribution in [3.8, 4) is 0 Å². The van der Waals surface area contributed by atoms with Crippen LogP contribution in [-0.4, -0.2) is 38.9 Å². The molecule has 1 fully saturated rings. The van der Waals surface area contributed by atoms with Crippen LogP contribution in [0.5, 0.6) is 0 Å². The SMILES string of the molecule is NC1C(=O)N2C(C(=O)OC(c3ccccc3)c3ccccc3)=C(S/C=C\c3ccccn3)CSC12. The van der Waals surface area contributed by atoms with Crippen molar-refractivity contribution < 1.29 is 14.3 Å². The average molecular weight is 502 g/mol. The highest BCUT2D eigenvalue weighted by Gasteiger charge is 2.52. The van der Waals surface area contributed by atoms with E-state index in [1.54, 1.807) is 18.0 Å². The lowest BCUT2D eigenvalue weighted by Gasteiger charge is -2.48. The lowest BCUT2D eigenvalue weighted by molar-refractivity contribution is -0.152. The van der Waals surface area contributed by atoms with Crippen molar-refractivity contribution in [2.75, 3.05) is 5.75 Å². The quantitative estimate of drug-likeness (QED) is 0.375. The Kier molecular flexibility index (Phi) is 7.03. The molecule has 3 aromatic rings. The van der Waals surface area contributed by atoms with Crippen molar-refractivity contribution >= 4 is 41.5 Å². The van der Waals surface area contributed by atoms with Gasteiger partial charge in [0.05, 0.1) is 5.69 Å². The summed E-state index contributed by atoms with van der Waals surface area (Å²) in [5.41, 5.74) is 8.81. The third kappa shape index (κ3) is 4.91. The van der Waals surface area contributed by atoms with Crippen LogP contribution in [0.25, 0.3) is 6.08 Å². The molecule has 1 amide bonds. The van der Waals surface area contributed by atoms with Crippen LogP contribution in [0.2, 0.25) is 0 Å². The van der Waals surface area contributed by atoms with Gasteiger partial charge in [-0.05, 0) is 34.7 Å². The van der Waals surface area contributed by atoms with Crippen molar-refractivity contribution in [1.29, 1.82) is 0 Å². The Balaban J connectivity index is 1.46. The van der Waals surface area contributed by atoms with Gasteiger partial charge in [0, 0.05) is 16.9 Å². The van der Waals surface area contributed by atoms with E-state index in [0.717, 1.165) is 21.7 Å². The van der Waals surface area contributed by atoms with E-state index in [1.807, 2.05) is 90.3 Å². The molecule has 0 bridgehead atoms. The van der Waals surface area contributed by atoms with Gasteiger partial charge < -0.3 is 10.5 Å². The van der Waals surface area contributed by atoms with Gasteiger partial charge in [-0.1, -0.05) is 78.5 Å². The van der Waals surface area contributed by atoms with Gasteiger partial charge in [0.1, 0.15) is 17.1 Å². The van der Waals surface area contributed by atoms with Crippen LogP contribution in [-0.2, 0) is 14.3 Å². The fraction of sp³-hybridized carbons (Fsp3) is 0.148. The summed E-state index contributed by atoms with van der Waals surface area (Å²) in [6, 6.07) is 24.2. The maximum Gasteiger partial charge on any atom is 0.356 e. The standard InChI is InChI=1S/C27H23N3O3S2/c28-22-25(31)30-23(21(17-35-26(22)30)34-16-14-20-13-7-8-15-29-20)27(32)33-24(18-9-3-1-4-10-18)19-11-5-2-6-12-19/h1-16,22,24,26H,17,28H2/b16-14-. The molecule has 0 spiro atoms. The van der Waals surface area contributed by atoms with Crippen LogP contribution in [0, 0.1) is 0 Å². The lowest BCUT2D eigenvalue weighted by atomic mass is 10.0.